The summed E-state index contributed by atoms with van der Waals surface area (Å²) in [6.45, 7) is 1.06. The lowest BCUT2D eigenvalue weighted by Crippen LogP contribution is -2.50. The van der Waals surface area contributed by atoms with Gasteiger partial charge < -0.3 is 16.0 Å². The Morgan fingerprint density at radius 2 is 2.38 bits per heavy atom. The number of carbonyl (C=O) groups excluding carboxylic acids is 2. The number of nitrogens with one attached hydrogen (secondary N) is 1. The lowest BCUT2D eigenvalue weighted by Gasteiger charge is -2.26. The van der Waals surface area contributed by atoms with E-state index in [1.807, 2.05) is 0 Å². The van der Waals surface area contributed by atoms with Crippen molar-refractivity contribution in [1.82, 2.24) is 15.2 Å². The number of piperazine rings is 1. The fraction of sp³-hybridized carbons (Fsp3) is 0.300. The number of nitrogen functional groups attached to an aromatic ring is 1. The van der Waals surface area contributed by atoms with E-state index >= 15 is 0 Å². The molecule has 2 amide bonds. The molecule has 0 atom stereocenters. The summed E-state index contributed by atoms with van der Waals surface area (Å²) in [5.74, 6) is -0.411. The molecule has 6 heteroatoms. The molecule has 3 N–H and O–H groups in total. The predicted molar refractivity (Wildman–Crippen MR) is 57.6 cm³/mol. The predicted octanol–water partition coefficient (Wildman–Crippen LogP) is -0.764. The molecule has 0 spiro atoms. The largest absolute Gasteiger partial charge is 0.399 e. The molecule has 1 aliphatic rings. The second-order valence-electron chi connectivity index (χ2n) is 3.55. The molecule has 1 aromatic rings. The van der Waals surface area contributed by atoms with E-state index in [4.69, 9.17) is 5.73 Å². The van der Waals surface area contributed by atoms with Crippen LogP contribution in [-0.2, 0) is 4.79 Å². The monoisotopic (exact) mass is 220 g/mol. The van der Waals surface area contributed by atoms with E-state index in [-0.39, 0.29) is 24.1 Å². The van der Waals surface area contributed by atoms with Crippen molar-refractivity contribution >= 4 is 17.5 Å². The second kappa shape index (κ2) is 4.18. The average molecular weight is 220 g/mol. The zero-order chi connectivity index (χ0) is 11.5. The van der Waals surface area contributed by atoms with Gasteiger partial charge in [0.05, 0.1) is 6.54 Å². The zero-order valence-electron chi connectivity index (χ0n) is 8.64. The first-order valence-corrected chi connectivity index (χ1v) is 4.94. The van der Waals surface area contributed by atoms with Crippen molar-refractivity contribution in [1.29, 1.82) is 0 Å². The van der Waals surface area contributed by atoms with Gasteiger partial charge in [-0.05, 0) is 12.1 Å². The molecule has 0 saturated carbocycles. The number of hydrogen-bond acceptors (Lipinski definition) is 4. The quantitative estimate of drug-likeness (QED) is 0.651. The van der Waals surface area contributed by atoms with Gasteiger partial charge in [0, 0.05) is 25.0 Å². The molecule has 2 rings (SSSR count). The van der Waals surface area contributed by atoms with Crippen LogP contribution in [0.25, 0.3) is 0 Å². The average Bonchev–Trinajstić information content (AvgIpc) is 2.28. The van der Waals surface area contributed by atoms with E-state index in [1.54, 1.807) is 6.07 Å². The van der Waals surface area contributed by atoms with Crippen LogP contribution in [0.15, 0.2) is 18.3 Å². The molecule has 1 fully saturated rings. The van der Waals surface area contributed by atoms with Crippen LogP contribution in [0.4, 0.5) is 5.69 Å². The summed E-state index contributed by atoms with van der Waals surface area (Å²) in [4.78, 5) is 28.4. The number of rotatable bonds is 1. The highest BCUT2D eigenvalue weighted by molar-refractivity contribution is 5.96. The Morgan fingerprint density at radius 1 is 1.56 bits per heavy atom. The Balaban J connectivity index is 2.15. The summed E-state index contributed by atoms with van der Waals surface area (Å²) < 4.78 is 0. The van der Waals surface area contributed by atoms with Crippen LogP contribution in [0.2, 0.25) is 0 Å². The minimum absolute atomic E-state index is 0.0787. The molecule has 84 valence electrons. The van der Waals surface area contributed by atoms with E-state index in [2.05, 4.69) is 10.3 Å². The number of nitrogens with two attached hydrogens (primary N) is 1. The number of amides is 2. The van der Waals surface area contributed by atoms with Crippen molar-refractivity contribution in [2.24, 2.45) is 0 Å². The van der Waals surface area contributed by atoms with E-state index < -0.39 is 0 Å². The van der Waals surface area contributed by atoms with Crippen LogP contribution >= 0.6 is 0 Å². The van der Waals surface area contributed by atoms with Crippen LogP contribution in [-0.4, -0.2) is 41.3 Å². The first kappa shape index (κ1) is 10.4. The minimum atomic E-state index is -0.262. The van der Waals surface area contributed by atoms with Crippen LogP contribution < -0.4 is 11.1 Å². The maximum atomic E-state index is 11.9. The van der Waals surface area contributed by atoms with Crippen molar-refractivity contribution in [3.63, 3.8) is 0 Å². The maximum Gasteiger partial charge on any atom is 0.273 e. The Labute approximate surface area is 92.4 Å². The van der Waals surface area contributed by atoms with E-state index in [0.717, 1.165) is 0 Å². The first-order valence-electron chi connectivity index (χ1n) is 4.94. The minimum Gasteiger partial charge on any atom is -0.399 e. The van der Waals surface area contributed by atoms with Gasteiger partial charge in [0.15, 0.2) is 0 Å². The van der Waals surface area contributed by atoms with Gasteiger partial charge in [0.2, 0.25) is 5.91 Å². The summed E-state index contributed by atoms with van der Waals surface area (Å²) in [5, 5.41) is 2.65. The molecule has 2 heterocycles. The van der Waals surface area contributed by atoms with Crippen molar-refractivity contribution in [3.05, 3.63) is 24.0 Å². The molecular weight excluding hydrogens is 208 g/mol. The van der Waals surface area contributed by atoms with E-state index in [0.29, 0.717) is 18.8 Å². The second-order valence-corrected chi connectivity index (χ2v) is 3.55. The van der Waals surface area contributed by atoms with Crippen LogP contribution in [0, 0.1) is 0 Å². The summed E-state index contributed by atoms with van der Waals surface area (Å²) in [5.41, 5.74) is 6.32. The third kappa shape index (κ3) is 2.10. The van der Waals surface area contributed by atoms with Crippen LogP contribution in [0.5, 0.6) is 0 Å². The Bertz CT molecular complexity index is 433. The summed E-state index contributed by atoms with van der Waals surface area (Å²) >= 11 is 0. The highest BCUT2D eigenvalue weighted by atomic mass is 16.2. The Kier molecular flexibility index (Phi) is 2.72. The standard InChI is InChI=1S/C10H12N4O2/c11-7-1-2-12-8(5-7)10(16)14-4-3-13-9(15)6-14/h1-2,5H,3-4,6H2,(H2,11,12)(H,13,15). The molecule has 0 aromatic carbocycles. The van der Waals surface area contributed by atoms with Gasteiger partial charge in [0.25, 0.3) is 5.91 Å². The van der Waals surface area contributed by atoms with E-state index in [9.17, 15) is 9.59 Å². The van der Waals surface area contributed by atoms with Gasteiger partial charge >= 0.3 is 0 Å². The number of hydrogen-bond donors (Lipinski definition) is 2. The molecular formula is C10H12N4O2. The number of pyridine rings is 1. The lowest BCUT2D eigenvalue weighted by atomic mass is 10.2. The molecule has 1 saturated heterocycles. The molecule has 0 bridgehead atoms. The maximum absolute atomic E-state index is 11.9. The van der Waals surface area contributed by atoms with Gasteiger partial charge in [0.1, 0.15) is 5.69 Å². The van der Waals surface area contributed by atoms with Gasteiger partial charge in [-0.2, -0.15) is 0 Å². The summed E-state index contributed by atoms with van der Waals surface area (Å²) in [6, 6.07) is 3.12. The fourth-order valence-corrected chi connectivity index (χ4v) is 1.54. The molecule has 6 nitrogen and oxygen atoms in total. The van der Waals surface area contributed by atoms with Gasteiger partial charge in [-0.25, -0.2) is 0 Å². The zero-order valence-corrected chi connectivity index (χ0v) is 8.64. The number of anilines is 1. The molecule has 1 aromatic heterocycles. The summed E-state index contributed by atoms with van der Waals surface area (Å²) in [7, 11) is 0. The number of nitrogens with zero attached hydrogens (tertiary/aromatic N) is 2. The SMILES string of the molecule is Nc1ccnc(C(=O)N2CCNC(=O)C2)c1. The van der Waals surface area contributed by atoms with Gasteiger partial charge in [-0.15, -0.1) is 0 Å². The van der Waals surface area contributed by atoms with Crippen molar-refractivity contribution < 1.29 is 9.59 Å². The molecule has 16 heavy (non-hydrogen) atoms. The molecule has 1 aliphatic heterocycles. The Morgan fingerprint density at radius 3 is 3.06 bits per heavy atom. The third-order valence-electron chi connectivity index (χ3n) is 2.33. The molecule has 0 radical (unpaired) electrons. The molecule has 0 unspecified atom stereocenters. The first-order chi connectivity index (χ1) is 7.66. The van der Waals surface area contributed by atoms with Crippen molar-refractivity contribution in [3.8, 4) is 0 Å². The Hall–Kier alpha value is -2.11. The number of aromatic nitrogens is 1. The van der Waals surface area contributed by atoms with E-state index in [1.165, 1.54) is 17.2 Å². The highest BCUT2D eigenvalue weighted by Crippen LogP contribution is 2.07. The van der Waals surface area contributed by atoms with Crippen LogP contribution in [0.3, 0.4) is 0 Å². The number of carbonyl (C=O) groups is 2. The smallest absolute Gasteiger partial charge is 0.273 e. The van der Waals surface area contributed by atoms with Gasteiger partial charge in [-0.1, -0.05) is 0 Å². The summed E-state index contributed by atoms with van der Waals surface area (Å²) in [6.07, 6.45) is 1.48. The van der Waals surface area contributed by atoms with Crippen molar-refractivity contribution in [2.75, 3.05) is 25.4 Å². The molecule has 0 aliphatic carbocycles. The fourth-order valence-electron chi connectivity index (χ4n) is 1.54. The normalized spacial score (nSPS) is 15.8. The van der Waals surface area contributed by atoms with Crippen LogP contribution in [0.1, 0.15) is 10.5 Å². The highest BCUT2D eigenvalue weighted by Gasteiger charge is 2.22. The lowest BCUT2D eigenvalue weighted by molar-refractivity contribution is -0.123. The topological polar surface area (TPSA) is 88.3 Å². The van der Waals surface area contributed by atoms with Gasteiger partial charge in [-0.3, -0.25) is 14.6 Å². The van der Waals surface area contributed by atoms with Crippen molar-refractivity contribution in [2.45, 2.75) is 0 Å². The third-order valence-corrected chi connectivity index (χ3v) is 2.33.